The van der Waals surface area contributed by atoms with Gasteiger partial charge in [0.15, 0.2) is 0 Å². The van der Waals surface area contributed by atoms with Crippen LogP contribution in [0.25, 0.3) is 6.08 Å². The number of nitro benzene ring substituents is 1. The van der Waals surface area contributed by atoms with Gasteiger partial charge in [0, 0.05) is 42.1 Å². The summed E-state index contributed by atoms with van der Waals surface area (Å²) in [5.41, 5.74) is 2.70. The highest BCUT2D eigenvalue weighted by Gasteiger charge is 2.13. The number of hydrogen-bond acceptors (Lipinski definition) is 8. The molecule has 0 aliphatic heterocycles. The lowest BCUT2D eigenvalue weighted by atomic mass is 10.1. The van der Waals surface area contributed by atoms with E-state index in [1.165, 1.54) is 19.2 Å². The molecular weight excluding hydrogens is 484 g/mol. The Hall–Kier alpha value is -4.02. The predicted molar refractivity (Wildman–Crippen MR) is 140 cm³/mol. The van der Waals surface area contributed by atoms with Crippen LogP contribution < -0.4 is 18.9 Å². The third kappa shape index (κ3) is 6.77. The van der Waals surface area contributed by atoms with Gasteiger partial charge in [-0.2, -0.15) is 0 Å². The average molecular weight is 511 g/mol. The van der Waals surface area contributed by atoms with Crippen molar-refractivity contribution in [2.24, 2.45) is 4.99 Å². The number of nitrogens with zero attached hydrogens (tertiary/aromatic N) is 2. The lowest BCUT2D eigenvalue weighted by molar-refractivity contribution is -0.384. The Morgan fingerprint density at radius 1 is 0.889 bits per heavy atom. The van der Waals surface area contributed by atoms with Crippen molar-refractivity contribution in [3.63, 3.8) is 0 Å². The number of methoxy groups -OCH3 is 4. The van der Waals surface area contributed by atoms with E-state index in [2.05, 4.69) is 4.99 Å². The molecule has 0 amide bonds. The van der Waals surface area contributed by atoms with Gasteiger partial charge < -0.3 is 23.5 Å². The Bertz CT molecular complexity index is 1230. The van der Waals surface area contributed by atoms with Crippen LogP contribution in [0.2, 0.25) is 0 Å². The molecule has 0 fully saturated rings. The van der Waals surface area contributed by atoms with Crippen molar-refractivity contribution >= 4 is 34.8 Å². The van der Waals surface area contributed by atoms with Crippen molar-refractivity contribution in [3.8, 4) is 23.0 Å². The highest BCUT2D eigenvalue weighted by Crippen LogP contribution is 2.35. The Morgan fingerprint density at radius 2 is 1.53 bits per heavy atom. The monoisotopic (exact) mass is 510 g/mol. The Morgan fingerprint density at radius 3 is 2.08 bits per heavy atom. The maximum absolute atomic E-state index is 12.8. The number of aliphatic imine (C=N–C) groups is 1. The van der Waals surface area contributed by atoms with E-state index < -0.39 is 16.1 Å². The Kier molecular flexibility index (Phi) is 9.32. The molecular formula is C26H26N2O7S. The van der Waals surface area contributed by atoms with Gasteiger partial charge in [0.1, 0.15) is 39.8 Å². The molecule has 0 aliphatic carbocycles. The summed E-state index contributed by atoms with van der Waals surface area (Å²) in [7, 11) is 6.17. The summed E-state index contributed by atoms with van der Waals surface area (Å²) in [6.45, 7) is 0. The fraction of sp³-hybridized carbons (Fsp3) is 0.192. The van der Waals surface area contributed by atoms with Crippen LogP contribution in [0.5, 0.6) is 23.0 Å². The molecule has 3 rings (SSSR count). The molecule has 188 valence electrons. The molecule has 36 heavy (non-hydrogen) atoms. The predicted octanol–water partition coefficient (Wildman–Crippen LogP) is 5.30. The molecule has 1 unspecified atom stereocenters. The molecule has 0 spiro atoms. The molecule has 0 bridgehead atoms. The third-order valence-corrected chi connectivity index (χ3v) is 6.21. The molecule has 1 atom stereocenters. The number of hydrogen-bond donors (Lipinski definition) is 0. The highest BCUT2D eigenvalue weighted by molar-refractivity contribution is 7.93. The van der Waals surface area contributed by atoms with E-state index in [4.69, 9.17) is 18.9 Å². The van der Waals surface area contributed by atoms with Crippen molar-refractivity contribution in [2.75, 3.05) is 28.4 Å². The van der Waals surface area contributed by atoms with Gasteiger partial charge in [-0.3, -0.25) is 15.1 Å². The molecule has 3 aromatic carbocycles. The number of benzene rings is 3. The van der Waals surface area contributed by atoms with E-state index in [1.54, 1.807) is 75.4 Å². The lowest BCUT2D eigenvalue weighted by Crippen LogP contribution is -2.01. The summed E-state index contributed by atoms with van der Waals surface area (Å²) in [5.74, 6) is 2.45. The third-order valence-electron chi connectivity index (χ3n) is 5.15. The number of non-ortho nitro benzene ring substituents is 1. The van der Waals surface area contributed by atoms with Gasteiger partial charge >= 0.3 is 0 Å². The van der Waals surface area contributed by atoms with Crippen LogP contribution in [0.4, 0.5) is 11.4 Å². The second-order valence-corrected chi connectivity index (χ2v) is 8.71. The molecule has 0 radical (unpaired) electrons. The van der Waals surface area contributed by atoms with Gasteiger partial charge in [-0.05, 0) is 41.0 Å². The first-order chi connectivity index (χ1) is 17.4. The highest BCUT2D eigenvalue weighted by atomic mass is 32.2. The van der Waals surface area contributed by atoms with Gasteiger partial charge in [-0.25, -0.2) is 0 Å². The zero-order chi connectivity index (χ0) is 26.1. The van der Waals surface area contributed by atoms with E-state index in [0.29, 0.717) is 39.8 Å². The van der Waals surface area contributed by atoms with Gasteiger partial charge in [0.25, 0.3) is 5.69 Å². The van der Waals surface area contributed by atoms with Crippen molar-refractivity contribution in [3.05, 3.63) is 86.8 Å². The van der Waals surface area contributed by atoms with E-state index in [-0.39, 0.29) is 11.4 Å². The zero-order valence-corrected chi connectivity index (χ0v) is 21.1. The van der Waals surface area contributed by atoms with Gasteiger partial charge in [-0.15, -0.1) is 0 Å². The van der Waals surface area contributed by atoms with E-state index in [9.17, 15) is 14.7 Å². The second-order valence-electron chi connectivity index (χ2n) is 7.39. The minimum atomic E-state index is -1.34. The fourth-order valence-corrected chi connectivity index (χ4v) is 4.20. The van der Waals surface area contributed by atoms with Gasteiger partial charge in [0.2, 0.25) is 0 Å². The van der Waals surface area contributed by atoms with Crippen molar-refractivity contribution < 1.29 is 28.4 Å². The maximum atomic E-state index is 12.8. The van der Waals surface area contributed by atoms with Crippen LogP contribution in [-0.4, -0.2) is 44.1 Å². The van der Waals surface area contributed by atoms with E-state index in [0.717, 1.165) is 5.56 Å². The van der Waals surface area contributed by atoms with Crippen LogP contribution in [0, 0.1) is 10.1 Å². The zero-order valence-electron chi connectivity index (χ0n) is 20.3. The SMILES string of the molecule is COc1cc(OC)c(/C=C/[S+]([O-])Cc2ccc(OC)c(/N=C\c3ccc([N+](=O)[O-])cc3)c2)c(OC)c1. The summed E-state index contributed by atoms with van der Waals surface area (Å²) in [5, 5.41) is 12.4. The molecule has 0 saturated heterocycles. The fourth-order valence-electron chi connectivity index (χ4n) is 3.31. The first-order valence-corrected chi connectivity index (χ1v) is 12.1. The Labute approximate surface area is 212 Å². The van der Waals surface area contributed by atoms with E-state index in [1.807, 2.05) is 6.07 Å². The summed E-state index contributed by atoms with van der Waals surface area (Å²) < 4.78 is 34.3. The normalized spacial score (nSPS) is 12.0. The summed E-state index contributed by atoms with van der Waals surface area (Å²) in [4.78, 5) is 14.8. The first kappa shape index (κ1) is 26.6. The van der Waals surface area contributed by atoms with Gasteiger partial charge in [0.05, 0.1) is 38.9 Å². The minimum absolute atomic E-state index is 0.00661. The second kappa shape index (κ2) is 12.6. The van der Waals surface area contributed by atoms with Crippen molar-refractivity contribution in [1.29, 1.82) is 0 Å². The number of rotatable bonds is 11. The quantitative estimate of drug-likeness (QED) is 0.149. The minimum Gasteiger partial charge on any atom is -0.612 e. The molecule has 0 saturated carbocycles. The summed E-state index contributed by atoms with van der Waals surface area (Å²) in [6.07, 6.45) is 3.29. The molecule has 0 aliphatic rings. The topological polar surface area (TPSA) is 115 Å². The van der Waals surface area contributed by atoms with Crippen LogP contribution in [-0.2, 0) is 16.9 Å². The van der Waals surface area contributed by atoms with Crippen LogP contribution in [0.3, 0.4) is 0 Å². The lowest BCUT2D eigenvalue weighted by Gasteiger charge is -2.13. The van der Waals surface area contributed by atoms with Crippen LogP contribution in [0.15, 0.2) is 65.0 Å². The average Bonchev–Trinajstić information content (AvgIpc) is 2.90. The molecule has 3 aromatic rings. The van der Waals surface area contributed by atoms with E-state index >= 15 is 0 Å². The van der Waals surface area contributed by atoms with Crippen molar-refractivity contribution in [2.45, 2.75) is 5.75 Å². The smallest absolute Gasteiger partial charge is 0.269 e. The molecule has 0 N–H and O–H groups in total. The summed E-state index contributed by atoms with van der Waals surface area (Å²) in [6, 6.07) is 14.9. The largest absolute Gasteiger partial charge is 0.612 e. The maximum Gasteiger partial charge on any atom is 0.269 e. The number of nitro groups is 1. The molecule has 9 nitrogen and oxygen atoms in total. The summed E-state index contributed by atoms with van der Waals surface area (Å²) >= 11 is -1.34. The molecule has 0 heterocycles. The Balaban J connectivity index is 1.78. The van der Waals surface area contributed by atoms with Crippen molar-refractivity contribution in [1.82, 2.24) is 0 Å². The van der Waals surface area contributed by atoms with Crippen LogP contribution in [0.1, 0.15) is 16.7 Å². The molecule has 10 heteroatoms. The number of ether oxygens (including phenoxy) is 4. The first-order valence-electron chi connectivity index (χ1n) is 10.7. The standard InChI is InChI=1S/C26H26N2O7S/c1-32-21-14-25(34-3)22(26(15-21)35-4)11-12-36(31)17-19-7-10-24(33-2)23(13-19)27-16-18-5-8-20(9-6-18)28(29)30/h5-16H,17H2,1-4H3/b12-11+,27-16-. The molecule has 0 aromatic heterocycles. The van der Waals surface area contributed by atoms with Gasteiger partial charge in [-0.1, -0.05) is 6.07 Å². The van der Waals surface area contributed by atoms with Crippen LogP contribution >= 0.6 is 0 Å².